The highest BCUT2D eigenvalue weighted by Gasteiger charge is 2.10. The van der Waals surface area contributed by atoms with Crippen molar-refractivity contribution in [1.82, 2.24) is 0 Å². The number of aromatic hydroxyl groups is 1. The van der Waals surface area contributed by atoms with Gasteiger partial charge in [0.05, 0.1) is 5.69 Å². The van der Waals surface area contributed by atoms with E-state index >= 15 is 0 Å². The molecule has 2 aromatic rings. The quantitative estimate of drug-likeness (QED) is 0.804. The lowest BCUT2D eigenvalue weighted by Crippen LogP contribution is -2.13. The van der Waals surface area contributed by atoms with E-state index in [0.29, 0.717) is 0 Å². The lowest BCUT2D eigenvalue weighted by Gasteiger charge is -2.06. The number of hydrogen-bond donors (Lipinski definition) is 2. The number of hydrogen-bond acceptors (Lipinski definition) is 2. The number of phenolic OH excluding ortho intramolecular Hbond substituents is 1. The van der Waals surface area contributed by atoms with Crippen molar-refractivity contribution in [3.63, 3.8) is 0 Å². The summed E-state index contributed by atoms with van der Waals surface area (Å²) in [7, 11) is 0. The molecule has 0 bridgehead atoms. The fourth-order valence-electron chi connectivity index (χ4n) is 1.43. The Morgan fingerprint density at radius 2 is 1.89 bits per heavy atom. The van der Waals surface area contributed by atoms with Gasteiger partial charge >= 0.3 is 0 Å². The summed E-state index contributed by atoms with van der Waals surface area (Å²) in [5, 5.41) is 11.3. The van der Waals surface area contributed by atoms with Gasteiger partial charge in [-0.05, 0) is 30.3 Å². The molecule has 0 atom stereocenters. The third-order valence-electron chi connectivity index (χ3n) is 2.29. The predicted molar refractivity (Wildman–Crippen MR) is 62.4 cm³/mol. The smallest absolute Gasteiger partial charge is 0.255 e. The van der Waals surface area contributed by atoms with Gasteiger partial charge in [-0.25, -0.2) is 8.78 Å². The fraction of sp³-hybridized carbons (Fsp3) is 0. The molecule has 0 aliphatic rings. The van der Waals surface area contributed by atoms with Gasteiger partial charge in [-0.2, -0.15) is 0 Å². The van der Waals surface area contributed by atoms with Crippen molar-refractivity contribution in [2.45, 2.75) is 0 Å². The number of anilines is 1. The average Bonchev–Trinajstić information content (AvgIpc) is 2.32. The molecule has 0 aliphatic heterocycles. The zero-order valence-corrected chi connectivity index (χ0v) is 9.15. The average molecular weight is 249 g/mol. The van der Waals surface area contributed by atoms with Crippen molar-refractivity contribution < 1.29 is 18.7 Å². The first-order chi connectivity index (χ1) is 8.56. The molecule has 0 unspecified atom stereocenters. The van der Waals surface area contributed by atoms with Gasteiger partial charge in [0, 0.05) is 11.6 Å². The highest BCUT2D eigenvalue weighted by Crippen LogP contribution is 2.20. The number of rotatable bonds is 2. The summed E-state index contributed by atoms with van der Waals surface area (Å²) in [6.07, 6.45) is 0. The van der Waals surface area contributed by atoms with E-state index in [1.54, 1.807) is 0 Å². The molecule has 0 fully saturated rings. The summed E-state index contributed by atoms with van der Waals surface area (Å²) in [6, 6.07) is 8.40. The number of halogens is 2. The molecule has 18 heavy (non-hydrogen) atoms. The summed E-state index contributed by atoms with van der Waals surface area (Å²) in [6.45, 7) is 0. The van der Waals surface area contributed by atoms with Gasteiger partial charge in [0.15, 0.2) is 0 Å². The van der Waals surface area contributed by atoms with E-state index in [1.165, 1.54) is 30.3 Å². The molecule has 1 amide bonds. The Morgan fingerprint density at radius 3 is 2.56 bits per heavy atom. The molecule has 0 saturated carbocycles. The maximum absolute atomic E-state index is 13.4. The Bertz CT molecular complexity index is 599. The molecule has 2 rings (SSSR count). The van der Waals surface area contributed by atoms with Gasteiger partial charge in [-0.15, -0.1) is 0 Å². The van der Waals surface area contributed by atoms with Crippen LogP contribution in [0, 0.1) is 11.6 Å². The van der Waals surface area contributed by atoms with Gasteiger partial charge in [0.1, 0.15) is 17.4 Å². The van der Waals surface area contributed by atoms with Crippen molar-refractivity contribution in [3.05, 3.63) is 59.7 Å². The van der Waals surface area contributed by atoms with Crippen molar-refractivity contribution in [2.75, 3.05) is 5.32 Å². The summed E-state index contributed by atoms with van der Waals surface area (Å²) >= 11 is 0. The number of carbonyl (C=O) groups excluding carboxylic acids is 1. The van der Waals surface area contributed by atoms with Crippen LogP contribution in [0.25, 0.3) is 0 Å². The van der Waals surface area contributed by atoms with Crippen molar-refractivity contribution >= 4 is 11.6 Å². The second kappa shape index (κ2) is 4.83. The van der Waals surface area contributed by atoms with E-state index in [4.69, 9.17) is 5.11 Å². The predicted octanol–water partition coefficient (Wildman–Crippen LogP) is 2.92. The maximum atomic E-state index is 13.4. The Morgan fingerprint density at radius 1 is 1.11 bits per heavy atom. The molecular formula is C13H9F2NO2. The monoisotopic (exact) mass is 249 g/mol. The largest absolute Gasteiger partial charge is 0.508 e. The molecule has 5 heteroatoms. The fourth-order valence-corrected chi connectivity index (χ4v) is 1.43. The first kappa shape index (κ1) is 12.0. The van der Waals surface area contributed by atoms with Gasteiger partial charge in [0.2, 0.25) is 0 Å². The summed E-state index contributed by atoms with van der Waals surface area (Å²) < 4.78 is 26.3. The second-order valence-corrected chi connectivity index (χ2v) is 3.63. The standard InChI is InChI=1S/C13H9F2NO2/c14-9-3-1-2-8(6-9)13(18)16-12-5-4-10(17)7-11(12)15/h1-7,17H,(H,16,18). The summed E-state index contributed by atoms with van der Waals surface area (Å²) in [5.41, 5.74) is 0.00420. The van der Waals surface area contributed by atoms with Crippen LogP contribution in [0.2, 0.25) is 0 Å². The molecule has 0 radical (unpaired) electrons. The molecular weight excluding hydrogens is 240 g/mol. The molecule has 0 spiro atoms. The molecule has 0 aliphatic carbocycles. The van der Waals surface area contributed by atoms with Crippen LogP contribution in [0.5, 0.6) is 5.75 Å². The minimum atomic E-state index is -0.764. The third kappa shape index (κ3) is 2.63. The maximum Gasteiger partial charge on any atom is 0.255 e. The van der Waals surface area contributed by atoms with E-state index < -0.39 is 17.5 Å². The van der Waals surface area contributed by atoms with Crippen LogP contribution in [-0.2, 0) is 0 Å². The third-order valence-corrected chi connectivity index (χ3v) is 2.29. The highest BCUT2D eigenvalue weighted by atomic mass is 19.1. The van der Waals surface area contributed by atoms with Crippen LogP contribution in [0.3, 0.4) is 0 Å². The van der Waals surface area contributed by atoms with Crippen LogP contribution >= 0.6 is 0 Å². The summed E-state index contributed by atoms with van der Waals surface area (Å²) in [5.74, 6) is -2.18. The second-order valence-electron chi connectivity index (χ2n) is 3.63. The SMILES string of the molecule is O=C(Nc1ccc(O)cc1F)c1cccc(F)c1. The van der Waals surface area contributed by atoms with Crippen LogP contribution in [0.15, 0.2) is 42.5 Å². The summed E-state index contributed by atoms with van der Waals surface area (Å²) in [4.78, 5) is 11.7. The van der Waals surface area contributed by atoms with Crippen molar-refractivity contribution in [3.8, 4) is 5.75 Å². The number of phenols is 1. The van der Waals surface area contributed by atoms with E-state index in [0.717, 1.165) is 12.1 Å². The van der Waals surface area contributed by atoms with Gasteiger partial charge in [0.25, 0.3) is 5.91 Å². The lowest BCUT2D eigenvalue weighted by atomic mass is 10.2. The van der Waals surface area contributed by atoms with E-state index in [1.807, 2.05) is 0 Å². The number of carbonyl (C=O) groups is 1. The van der Waals surface area contributed by atoms with E-state index in [-0.39, 0.29) is 17.0 Å². The van der Waals surface area contributed by atoms with Crippen molar-refractivity contribution in [1.29, 1.82) is 0 Å². The Hall–Kier alpha value is -2.43. The number of nitrogens with one attached hydrogen (secondary N) is 1. The van der Waals surface area contributed by atoms with Crippen LogP contribution in [0.1, 0.15) is 10.4 Å². The first-order valence-electron chi connectivity index (χ1n) is 5.12. The van der Waals surface area contributed by atoms with Crippen LogP contribution < -0.4 is 5.32 Å². The van der Waals surface area contributed by atoms with Crippen molar-refractivity contribution in [2.24, 2.45) is 0 Å². The Labute approximate surface area is 102 Å². The Kier molecular flexibility index (Phi) is 3.23. The van der Waals surface area contributed by atoms with Crippen LogP contribution in [-0.4, -0.2) is 11.0 Å². The molecule has 0 heterocycles. The first-order valence-corrected chi connectivity index (χ1v) is 5.12. The van der Waals surface area contributed by atoms with E-state index in [9.17, 15) is 13.6 Å². The molecule has 2 N–H and O–H groups in total. The van der Waals surface area contributed by atoms with Gasteiger partial charge in [-0.1, -0.05) is 6.07 Å². The van der Waals surface area contributed by atoms with Gasteiger partial charge < -0.3 is 10.4 Å². The van der Waals surface area contributed by atoms with E-state index in [2.05, 4.69) is 5.32 Å². The number of benzene rings is 2. The minimum Gasteiger partial charge on any atom is -0.508 e. The highest BCUT2D eigenvalue weighted by molar-refractivity contribution is 6.04. The molecule has 0 saturated heterocycles. The van der Waals surface area contributed by atoms with Crippen LogP contribution in [0.4, 0.5) is 14.5 Å². The minimum absolute atomic E-state index is 0.0814. The molecule has 0 aromatic heterocycles. The Balaban J connectivity index is 2.21. The normalized spacial score (nSPS) is 10.1. The number of amides is 1. The molecule has 3 nitrogen and oxygen atoms in total. The zero-order valence-electron chi connectivity index (χ0n) is 9.15. The van der Waals surface area contributed by atoms with Gasteiger partial charge in [-0.3, -0.25) is 4.79 Å². The lowest BCUT2D eigenvalue weighted by molar-refractivity contribution is 0.102. The zero-order chi connectivity index (χ0) is 13.1. The molecule has 92 valence electrons. The topological polar surface area (TPSA) is 49.3 Å². The molecule has 2 aromatic carbocycles.